The highest BCUT2D eigenvalue weighted by atomic mass is 16.5. The third-order valence-corrected chi connectivity index (χ3v) is 6.12. The van der Waals surface area contributed by atoms with E-state index in [1.165, 1.54) is 16.8 Å². The maximum Gasteiger partial charge on any atom is 0.251 e. The van der Waals surface area contributed by atoms with Crippen molar-refractivity contribution >= 4 is 5.91 Å². The van der Waals surface area contributed by atoms with Gasteiger partial charge in [0.05, 0.1) is 12.2 Å². The summed E-state index contributed by atoms with van der Waals surface area (Å²) < 4.78 is 7.88. The van der Waals surface area contributed by atoms with Crippen LogP contribution in [0.3, 0.4) is 0 Å². The summed E-state index contributed by atoms with van der Waals surface area (Å²) in [5.74, 6) is 0.809. The molecule has 1 heterocycles. The van der Waals surface area contributed by atoms with Crippen molar-refractivity contribution in [3.8, 4) is 5.75 Å². The van der Waals surface area contributed by atoms with Crippen molar-refractivity contribution in [2.24, 2.45) is 0 Å². The molecule has 5 nitrogen and oxygen atoms in total. The quantitative estimate of drug-likeness (QED) is 0.376. The molecule has 4 aromatic rings. The third-order valence-electron chi connectivity index (χ3n) is 6.12. The number of benzene rings is 3. The fraction of sp³-hybridized carbons (Fsp3) is 0.241. The smallest absolute Gasteiger partial charge is 0.251 e. The Bertz CT molecular complexity index is 1240. The fourth-order valence-electron chi connectivity index (χ4n) is 4.13. The number of rotatable bonds is 9. The molecular formula is C29H31N3O2. The minimum Gasteiger partial charge on any atom is -0.489 e. The van der Waals surface area contributed by atoms with Gasteiger partial charge in [-0.1, -0.05) is 54.6 Å². The van der Waals surface area contributed by atoms with Crippen molar-refractivity contribution in [3.63, 3.8) is 0 Å². The topological polar surface area (TPSA) is 56.2 Å². The molecule has 34 heavy (non-hydrogen) atoms. The highest BCUT2D eigenvalue weighted by Crippen LogP contribution is 2.19. The summed E-state index contributed by atoms with van der Waals surface area (Å²) in [4.78, 5) is 11.9. The average Bonchev–Trinajstić information content (AvgIpc) is 3.14. The second-order valence-corrected chi connectivity index (χ2v) is 8.50. The van der Waals surface area contributed by atoms with Gasteiger partial charge in [-0.2, -0.15) is 5.10 Å². The maximum atomic E-state index is 11.9. The summed E-state index contributed by atoms with van der Waals surface area (Å²) in [5.41, 5.74) is 7.72. The van der Waals surface area contributed by atoms with Gasteiger partial charge in [-0.15, -0.1) is 0 Å². The predicted octanol–water partition coefficient (Wildman–Crippen LogP) is 5.27. The van der Waals surface area contributed by atoms with E-state index in [0.29, 0.717) is 18.7 Å². The lowest BCUT2D eigenvalue weighted by atomic mass is 10.0. The maximum absolute atomic E-state index is 11.9. The molecule has 1 amide bonds. The average molecular weight is 454 g/mol. The number of aromatic nitrogens is 2. The molecule has 0 aliphatic carbocycles. The summed E-state index contributed by atoms with van der Waals surface area (Å²) in [6.45, 7) is 5.41. The largest absolute Gasteiger partial charge is 0.489 e. The van der Waals surface area contributed by atoms with Gasteiger partial charge in [-0.25, -0.2) is 0 Å². The normalized spacial score (nSPS) is 10.8. The van der Waals surface area contributed by atoms with Crippen molar-refractivity contribution in [3.05, 3.63) is 118 Å². The standard InChI is InChI=1S/C29H31N3O2/c1-21-28(22(2)32(31-21)19-25-8-7-9-26(18-25)29(33)30-3)17-16-23-12-14-24(15-13-23)20-34-27-10-5-4-6-11-27/h4-15,18H,16-17,19-20H2,1-3H3,(H,30,33). The number of amides is 1. The van der Waals surface area contributed by atoms with E-state index in [-0.39, 0.29) is 5.91 Å². The second-order valence-electron chi connectivity index (χ2n) is 8.50. The molecule has 4 rings (SSSR count). The lowest BCUT2D eigenvalue weighted by molar-refractivity contribution is 0.0963. The minimum absolute atomic E-state index is 0.0754. The minimum atomic E-state index is -0.0754. The van der Waals surface area contributed by atoms with Gasteiger partial charge in [-0.05, 0) is 73.2 Å². The Balaban J connectivity index is 1.37. The first kappa shape index (κ1) is 23.3. The van der Waals surface area contributed by atoms with E-state index in [1.54, 1.807) is 7.05 Å². The number of nitrogens with one attached hydrogen (secondary N) is 1. The number of aryl methyl sites for hydroxylation is 2. The zero-order valence-corrected chi connectivity index (χ0v) is 20.0. The molecule has 0 atom stereocenters. The molecular weight excluding hydrogens is 422 g/mol. The number of hydrogen-bond donors (Lipinski definition) is 1. The van der Waals surface area contributed by atoms with Crippen molar-refractivity contribution in [1.29, 1.82) is 0 Å². The van der Waals surface area contributed by atoms with E-state index in [0.717, 1.165) is 35.4 Å². The molecule has 0 aliphatic heterocycles. The van der Waals surface area contributed by atoms with Crippen molar-refractivity contribution in [2.45, 2.75) is 39.8 Å². The molecule has 0 unspecified atom stereocenters. The summed E-state index contributed by atoms with van der Waals surface area (Å²) in [6, 6.07) is 26.2. The lowest BCUT2D eigenvalue weighted by Gasteiger charge is -2.09. The highest BCUT2D eigenvalue weighted by molar-refractivity contribution is 5.94. The van der Waals surface area contributed by atoms with Crippen LogP contribution >= 0.6 is 0 Å². The third kappa shape index (κ3) is 5.73. The Morgan fingerprint density at radius 2 is 1.62 bits per heavy atom. The summed E-state index contributed by atoms with van der Waals surface area (Å²) in [5, 5.41) is 7.46. The van der Waals surface area contributed by atoms with Gasteiger partial charge in [0.15, 0.2) is 0 Å². The lowest BCUT2D eigenvalue weighted by Crippen LogP contribution is -2.18. The van der Waals surface area contributed by atoms with Gasteiger partial charge in [0.25, 0.3) is 5.91 Å². The molecule has 0 radical (unpaired) electrons. The first-order chi connectivity index (χ1) is 16.5. The molecule has 0 bridgehead atoms. The Morgan fingerprint density at radius 3 is 2.35 bits per heavy atom. The van der Waals surface area contributed by atoms with Crippen molar-refractivity contribution in [2.75, 3.05) is 7.05 Å². The molecule has 3 aromatic carbocycles. The van der Waals surface area contributed by atoms with E-state index in [1.807, 2.05) is 59.3 Å². The molecule has 0 saturated heterocycles. The molecule has 5 heteroatoms. The van der Waals surface area contributed by atoms with Gasteiger partial charge in [-0.3, -0.25) is 9.48 Å². The van der Waals surface area contributed by atoms with Gasteiger partial charge in [0.1, 0.15) is 12.4 Å². The van der Waals surface area contributed by atoms with Gasteiger partial charge >= 0.3 is 0 Å². The Labute approximate surface area is 201 Å². The first-order valence-electron chi connectivity index (χ1n) is 11.6. The van der Waals surface area contributed by atoms with Crippen LogP contribution < -0.4 is 10.1 Å². The van der Waals surface area contributed by atoms with Crippen LogP contribution in [0.15, 0.2) is 78.9 Å². The van der Waals surface area contributed by atoms with Crippen LogP contribution in [-0.2, 0) is 26.0 Å². The van der Waals surface area contributed by atoms with E-state index in [4.69, 9.17) is 9.84 Å². The van der Waals surface area contributed by atoms with Crippen LogP contribution in [0.2, 0.25) is 0 Å². The van der Waals surface area contributed by atoms with Crippen LogP contribution in [0.25, 0.3) is 0 Å². The Hall–Kier alpha value is -3.86. The zero-order chi connectivity index (χ0) is 23.9. The number of carbonyl (C=O) groups is 1. The molecule has 1 aromatic heterocycles. The molecule has 0 saturated carbocycles. The molecule has 1 N–H and O–H groups in total. The van der Waals surface area contributed by atoms with Crippen LogP contribution in [-0.4, -0.2) is 22.7 Å². The van der Waals surface area contributed by atoms with Crippen LogP contribution in [0.4, 0.5) is 0 Å². The Kier molecular flexibility index (Phi) is 7.43. The van der Waals surface area contributed by atoms with Crippen LogP contribution in [0.1, 0.15) is 44.0 Å². The van der Waals surface area contributed by atoms with Crippen molar-refractivity contribution < 1.29 is 9.53 Å². The van der Waals surface area contributed by atoms with E-state index in [2.05, 4.69) is 43.4 Å². The van der Waals surface area contributed by atoms with Crippen molar-refractivity contribution in [1.82, 2.24) is 15.1 Å². The van der Waals surface area contributed by atoms with Gasteiger partial charge in [0, 0.05) is 18.3 Å². The summed E-state index contributed by atoms with van der Waals surface area (Å²) in [7, 11) is 1.65. The van der Waals surface area contributed by atoms with E-state index in [9.17, 15) is 4.79 Å². The molecule has 0 aliphatic rings. The molecule has 0 spiro atoms. The zero-order valence-electron chi connectivity index (χ0n) is 20.0. The number of hydrogen-bond acceptors (Lipinski definition) is 3. The van der Waals surface area contributed by atoms with Gasteiger partial charge in [0.2, 0.25) is 0 Å². The predicted molar refractivity (Wildman–Crippen MR) is 135 cm³/mol. The van der Waals surface area contributed by atoms with E-state index >= 15 is 0 Å². The fourth-order valence-corrected chi connectivity index (χ4v) is 4.13. The Morgan fingerprint density at radius 1 is 0.882 bits per heavy atom. The van der Waals surface area contributed by atoms with E-state index < -0.39 is 0 Å². The first-order valence-corrected chi connectivity index (χ1v) is 11.6. The number of ether oxygens (including phenoxy) is 1. The molecule has 0 fully saturated rings. The number of carbonyl (C=O) groups excluding carboxylic acids is 1. The SMILES string of the molecule is CNC(=O)c1cccc(Cn2nc(C)c(CCc3ccc(COc4ccccc4)cc3)c2C)c1. The van der Waals surface area contributed by atoms with Gasteiger partial charge < -0.3 is 10.1 Å². The van der Waals surface area contributed by atoms with Crippen LogP contribution in [0, 0.1) is 13.8 Å². The number of nitrogens with zero attached hydrogens (tertiary/aromatic N) is 2. The summed E-state index contributed by atoms with van der Waals surface area (Å²) >= 11 is 0. The monoisotopic (exact) mass is 453 g/mol. The number of para-hydroxylation sites is 1. The van der Waals surface area contributed by atoms with Crippen LogP contribution in [0.5, 0.6) is 5.75 Å². The summed E-state index contributed by atoms with van der Waals surface area (Å²) in [6.07, 6.45) is 1.90. The second kappa shape index (κ2) is 10.8. The highest BCUT2D eigenvalue weighted by Gasteiger charge is 2.13. The molecule has 174 valence electrons.